The lowest BCUT2D eigenvalue weighted by Crippen LogP contribution is -2.00. The Bertz CT molecular complexity index is 582. The van der Waals surface area contributed by atoms with E-state index in [9.17, 15) is 5.11 Å². The molecule has 20 heavy (non-hydrogen) atoms. The van der Waals surface area contributed by atoms with Crippen molar-refractivity contribution in [2.75, 3.05) is 13.4 Å². The van der Waals surface area contributed by atoms with E-state index in [-0.39, 0.29) is 0 Å². The van der Waals surface area contributed by atoms with Gasteiger partial charge in [-0.15, -0.1) is 11.8 Å². The van der Waals surface area contributed by atoms with Gasteiger partial charge in [0, 0.05) is 4.90 Å². The molecule has 2 aromatic rings. The second-order valence-electron chi connectivity index (χ2n) is 4.30. The van der Waals surface area contributed by atoms with E-state index >= 15 is 0 Å². The average molecular weight is 290 g/mol. The van der Waals surface area contributed by atoms with E-state index in [2.05, 4.69) is 0 Å². The summed E-state index contributed by atoms with van der Waals surface area (Å²) in [6, 6.07) is 13.3. The normalized spacial score (nSPS) is 12.0. The fourth-order valence-electron chi connectivity index (χ4n) is 2.02. The number of aliphatic hydroxyl groups excluding tert-OH is 1. The molecule has 0 aromatic heterocycles. The third-order valence-corrected chi connectivity index (χ3v) is 3.73. The number of para-hydroxylation sites is 1. The van der Waals surface area contributed by atoms with Gasteiger partial charge in [-0.05, 0) is 37.4 Å². The van der Waals surface area contributed by atoms with Gasteiger partial charge in [-0.1, -0.05) is 18.2 Å². The number of methoxy groups -OCH3 is 1. The molecular formula is C16H18O3S. The predicted octanol–water partition coefficient (Wildman–Crippen LogP) is 4.26. The minimum atomic E-state index is -0.664. The topological polar surface area (TPSA) is 38.7 Å². The van der Waals surface area contributed by atoms with Crippen LogP contribution in [0.5, 0.6) is 17.2 Å². The summed E-state index contributed by atoms with van der Waals surface area (Å²) in [5, 5.41) is 9.96. The molecule has 0 bridgehead atoms. The van der Waals surface area contributed by atoms with E-state index in [0.717, 1.165) is 10.6 Å². The van der Waals surface area contributed by atoms with E-state index < -0.39 is 6.10 Å². The van der Waals surface area contributed by atoms with E-state index in [1.165, 1.54) is 0 Å². The van der Waals surface area contributed by atoms with Gasteiger partial charge < -0.3 is 14.6 Å². The number of hydrogen-bond acceptors (Lipinski definition) is 4. The van der Waals surface area contributed by atoms with Crippen LogP contribution in [-0.2, 0) is 0 Å². The molecule has 0 aliphatic heterocycles. The van der Waals surface area contributed by atoms with E-state index in [1.807, 2.05) is 48.7 Å². The molecule has 0 radical (unpaired) electrons. The first kappa shape index (κ1) is 14.8. The summed E-state index contributed by atoms with van der Waals surface area (Å²) in [5.41, 5.74) is 0.658. The molecule has 1 atom stereocenters. The van der Waals surface area contributed by atoms with Crippen molar-refractivity contribution in [2.24, 2.45) is 0 Å². The molecule has 0 unspecified atom stereocenters. The van der Waals surface area contributed by atoms with Gasteiger partial charge in [0.1, 0.15) is 17.2 Å². The maximum absolute atomic E-state index is 9.96. The van der Waals surface area contributed by atoms with Crippen LogP contribution in [0, 0.1) is 0 Å². The van der Waals surface area contributed by atoms with E-state index in [1.54, 1.807) is 25.8 Å². The smallest absolute Gasteiger partial charge is 0.140 e. The van der Waals surface area contributed by atoms with Crippen LogP contribution in [0.4, 0.5) is 0 Å². The molecule has 0 saturated heterocycles. The molecule has 3 nitrogen and oxygen atoms in total. The van der Waals surface area contributed by atoms with Gasteiger partial charge in [-0.3, -0.25) is 0 Å². The molecule has 0 saturated carbocycles. The Morgan fingerprint density at radius 3 is 2.30 bits per heavy atom. The summed E-state index contributed by atoms with van der Waals surface area (Å²) >= 11 is 1.62. The number of hydrogen-bond donors (Lipinski definition) is 1. The maximum atomic E-state index is 9.96. The second kappa shape index (κ2) is 6.68. The summed E-state index contributed by atoms with van der Waals surface area (Å²) in [7, 11) is 1.58. The van der Waals surface area contributed by atoms with Gasteiger partial charge in [0.2, 0.25) is 0 Å². The zero-order valence-electron chi connectivity index (χ0n) is 11.8. The van der Waals surface area contributed by atoms with Crippen LogP contribution in [0.1, 0.15) is 18.6 Å². The molecule has 0 amide bonds. The fraction of sp³-hybridized carbons (Fsp3) is 0.250. The van der Waals surface area contributed by atoms with Gasteiger partial charge in [-0.2, -0.15) is 0 Å². The molecule has 0 spiro atoms. The van der Waals surface area contributed by atoms with Gasteiger partial charge in [0.25, 0.3) is 0 Å². The summed E-state index contributed by atoms with van der Waals surface area (Å²) < 4.78 is 11.3. The quantitative estimate of drug-likeness (QED) is 0.835. The molecule has 1 N–H and O–H groups in total. The van der Waals surface area contributed by atoms with Crippen molar-refractivity contribution >= 4 is 11.8 Å². The van der Waals surface area contributed by atoms with Gasteiger partial charge >= 0.3 is 0 Å². The van der Waals surface area contributed by atoms with E-state index in [4.69, 9.17) is 9.47 Å². The molecule has 4 heteroatoms. The standard InChI is InChI=1S/C16H18O3S/c1-11(17)16-13(18-2)8-6-9-14(16)19-12-7-4-5-10-15(12)20-3/h4-11,17H,1-3H3/t11-/m0/s1. The molecule has 0 aliphatic rings. The van der Waals surface area contributed by atoms with Crippen molar-refractivity contribution in [3.63, 3.8) is 0 Å². The Kier molecular flexibility index (Phi) is 4.93. The SMILES string of the molecule is COc1cccc(Oc2ccccc2SC)c1[C@H](C)O. The minimum Gasteiger partial charge on any atom is -0.496 e. The average Bonchev–Trinajstić information content (AvgIpc) is 2.47. The van der Waals surface area contributed by atoms with Crippen LogP contribution in [0.3, 0.4) is 0 Å². The van der Waals surface area contributed by atoms with Crippen molar-refractivity contribution in [2.45, 2.75) is 17.9 Å². The molecule has 0 aliphatic carbocycles. The highest BCUT2D eigenvalue weighted by atomic mass is 32.2. The summed E-state index contributed by atoms with van der Waals surface area (Å²) in [5.74, 6) is 2.01. The fourth-order valence-corrected chi connectivity index (χ4v) is 2.55. The molecular weight excluding hydrogens is 272 g/mol. The Labute approximate surface area is 123 Å². The van der Waals surface area contributed by atoms with Crippen LogP contribution in [-0.4, -0.2) is 18.5 Å². The van der Waals surface area contributed by atoms with Crippen molar-refractivity contribution < 1.29 is 14.6 Å². The maximum Gasteiger partial charge on any atom is 0.140 e. The highest BCUT2D eigenvalue weighted by Gasteiger charge is 2.16. The monoisotopic (exact) mass is 290 g/mol. The lowest BCUT2D eigenvalue weighted by atomic mass is 10.1. The molecule has 0 heterocycles. The summed E-state index contributed by atoms with van der Waals surface area (Å²) in [6.45, 7) is 1.70. The van der Waals surface area contributed by atoms with Gasteiger partial charge in [0.05, 0.1) is 18.8 Å². The van der Waals surface area contributed by atoms with Crippen LogP contribution in [0.25, 0.3) is 0 Å². The number of ether oxygens (including phenoxy) is 2. The van der Waals surface area contributed by atoms with E-state index in [0.29, 0.717) is 17.1 Å². The van der Waals surface area contributed by atoms with Gasteiger partial charge in [-0.25, -0.2) is 0 Å². The lowest BCUT2D eigenvalue weighted by molar-refractivity contribution is 0.190. The Morgan fingerprint density at radius 1 is 1.00 bits per heavy atom. The molecule has 2 aromatic carbocycles. The van der Waals surface area contributed by atoms with Crippen molar-refractivity contribution in [3.8, 4) is 17.2 Å². The zero-order chi connectivity index (χ0) is 14.5. The van der Waals surface area contributed by atoms with Crippen LogP contribution in [0.2, 0.25) is 0 Å². The van der Waals surface area contributed by atoms with Crippen molar-refractivity contribution in [3.05, 3.63) is 48.0 Å². The predicted molar refractivity (Wildman–Crippen MR) is 81.9 cm³/mol. The Morgan fingerprint density at radius 2 is 1.65 bits per heavy atom. The van der Waals surface area contributed by atoms with Crippen molar-refractivity contribution in [1.29, 1.82) is 0 Å². The van der Waals surface area contributed by atoms with Gasteiger partial charge in [0.15, 0.2) is 0 Å². The van der Waals surface area contributed by atoms with Crippen LogP contribution >= 0.6 is 11.8 Å². The lowest BCUT2D eigenvalue weighted by Gasteiger charge is -2.17. The molecule has 0 fully saturated rings. The summed E-state index contributed by atoms with van der Waals surface area (Å²) in [6.07, 6.45) is 1.34. The molecule has 2 rings (SSSR count). The largest absolute Gasteiger partial charge is 0.496 e. The van der Waals surface area contributed by atoms with Crippen LogP contribution in [0.15, 0.2) is 47.4 Å². The highest BCUT2D eigenvalue weighted by Crippen LogP contribution is 2.38. The van der Waals surface area contributed by atoms with Crippen LogP contribution < -0.4 is 9.47 Å². The number of benzene rings is 2. The third-order valence-electron chi connectivity index (χ3n) is 2.95. The zero-order valence-corrected chi connectivity index (χ0v) is 12.6. The number of rotatable bonds is 5. The van der Waals surface area contributed by atoms with Crippen molar-refractivity contribution in [1.82, 2.24) is 0 Å². The molecule has 106 valence electrons. The first-order valence-corrected chi connectivity index (χ1v) is 7.55. The Balaban J connectivity index is 2.43. The second-order valence-corrected chi connectivity index (χ2v) is 5.15. The first-order chi connectivity index (χ1) is 9.67. The number of thioether (sulfide) groups is 1. The first-order valence-electron chi connectivity index (χ1n) is 6.33. The minimum absolute atomic E-state index is 0.612. The number of aliphatic hydroxyl groups is 1. The summed E-state index contributed by atoms with van der Waals surface area (Å²) in [4.78, 5) is 1.05. The Hall–Kier alpha value is -1.65. The third kappa shape index (κ3) is 3.08. The highest BCUT2D eigenvalue weighted by molar-refractivity contribution is 7.98.